The summed E-state index contributed by atoms with van der Waals surface area (Å²) >= 11 is 0. The van der Waals surface area contributed by atoms with Crippen LogP contribution in [-0.4, -0.2) is 70.0 Å². The summed E-state index contributed by atoms with van der Waals surface area (Å²) in [4.78, 5) is 24.1. The average molecular weight is 535 g/mol. The van der Waals surface area contributed by atoms with E-state index in [1.807, 2.05) is 56.3 Å². The maximum absolute atomic E-state index is 12.5. The van der Waals surface area contributed by atoms with E-state index >= 15 is 0 Å². The van der Waals surface area contributed by atoms with E-state index in [2.05, 4.69) is 0 Å². The lowest BCUT2D eigenvalue weighted by Crippen LogP contribution is -2.30. The van der Waals surface area contributed by atoms with Gasteiger partial charge in [-0.2, -0.15) is 0 Å². The third-order valence-electron chi connectivity index (χ3n) is 7.19. The standard InChI is InChI=1S/C30H46O8/c1-21(2)37-29(35)13-9-4-3-8-12-25-26(28(34)18-27(25)33)17-16-24(38-30(36)23(19-31)20-32)15-14-22-10-6-5-7-11-22/h3,5-8,10-11,21,23-28,31-34H,4,9,12-20H2,1-2H3/b8-3-/t24-,25+,26+,27-,28+/m0/s1. The van der Waals surface area contributed by atoms with E-state index in [1.165, 1.54) is 0 Å². The Kier molecular flexibility index (Phi) is 14.6. The number of hydrogen-bond acceptors (Lipinski definition) is 8. The number of carbonyl (C=O) groups excluding carboxylic acids is 2. The van der Waals surface area contributed by atoms with Crippen LogP contribution < -0.4 is 0 Å². The zero-order chi connectivity index (χ0) is 27.9. The van der Waals surface area contributed by atoms with E-state index in [0.717, 1.165) is 12.0 Å². The van der Waals surface area contributed by atoms with Gasteiger partial charge in [-0.25, -0.2) is 0 Å². The van der Waals surface area contributed by atoms with E-state index in [4.69, 9.17) is 9.47 Å². The fraction of sp³-hybridized carbons (Fsp3) is 0.667. The van der Waals surface area contributed by atoms with E-state index in [1.54, 1.807) is 0 Å². The number of unbranched alkanes of at least 4 members (excludes halogenated alkanes) is 1. The predicted octanol–water partition coefficient (Wildman–Crippen LogP) is 3.34. The molecule has 1 aliphatic rings. The van der Waals surface area contributed by atoms with Gasteiger partial charge in [0.2, 0.25) is 0 Å². The van der Waals surface area contributed by atoms with Crippen molar-refractivity contribution < 1.29 is 39.5 Å². The van der Waals surface area contributed by atoms with Crippen LogP contribution in [0.5, 0.6) is 0 Å². The van der Waals surface area contributed by atoms with Crippen molar-refractivity contribution in [2.24, 2.45) is 17.8 Å². The molecule has 1 aromatic rings. The second kappa shape index (κ2) is 17.4. The number of aliphatic hydroxyl groups is 4. The first-order valence-electron chi connectivity index (χ1n) is 13.9. The Morgan fingerprint density at radius 3 is 2.32 bits per heavy atom. The fourth-order valence-corrected chi connectivity index (χ4v) is 5.04. The maximum atomic E-state index is 12.5. The van der Waals surface area contributed by atoms with Crippen molar-refractivity contribution in [2.75, 3.05) is 13.2 Å². The first-order chi connectivity index (χ1) is 18.2. The second-order valence-corrected chi connectivity index (χ2v) is 10.6. The molecule has 214 valence electrons. The summed E-state index contributed by atoms with van der Waals surface area (Å²) in [6, 6.07) is 9.87. The number of ether oxygens (including phenoxy) is 2. The molecular weight excluding hydrogens is 488 g/mol. The minimum Gasteiger partial charge on any atom is -0.463 e. The van der Waals surface area contributed by atoms with Gasteiger partial charge in [0, 0.05) is 6.42 Å². The quantitative estimate of drug-likeness (QED) is 0.136. The molecule has 1 aliphatic carbocycles. The first kappa shape index (κ1) is 32.0. The summed E-state index contributed by atoms with van der Waals surface area (Å²) in [5.41, 5.74) is 1.12. The molecule has 38 heavy (non-hydrogen) atoms. The number of allylic oxidation sites excluding steroid dienone is 2. The van der Waals surface area contributed by atoms with Crippen LogP contribution in [0.15, 0.2) is 42.5 Å². The van der Waals surface area contributed by atoms with Gasteiger partial charge < -0.3 is 29.9 Å². The van der Waals surface area contributed by atoms with Gasteiger partial charge in [-0.15, -0.1) is 0 Å². The molecule has 2 rings (SSSR count). The van der Waals surface area contributed by atoms with Crippen molar-refractivity contribution in [1.82, 2.24) is 0 Å². The lowest BCUT2D eigenvalue weighted by Gasteiger charge is -2.26. The number of carbonyl (C=O) groups is 2. The Bertz CT molecular complexity index is 836. The number of benzene rings is 1. The summed E-state index contributed by atoms with van der Waals surface area (Å²) in [5.74, 6) is -2.05. The van der Waals surface area contributed by atoms with Crippen LogP contribution in [0.25, 0.3) is 0 Å². The lowest BCUT2D eigenvalue weighted by atomic mass is 9.85. The molecule has 0 unspecified atom stereocenters. The van der Waals surface area contributed by atoms with Gasteiger partial charge in [-0.05, 0) is 82.6 Å². The van der Waals surface area contributed by atoms with Crippen LogP contribution in [0.3, 0.4) is 0 Å². The van der Waals surface area contributed by atoms with Gasteiger partial charge in [0.25, 0.3) is 0 Å². The zero-order valence-electron chi connectivity index (χ0n) is 22.8. The molecule has 5 atom stereocenters. The van der Waals surface area contributed by atoms with E-state index in [9.17, 15) is 30.0 Å². The number of hydrogen-bond donors (Lipinski definition) is 4. The molecule has 1 saturated carbocycles. The third-order valence-corrected chi connectivity index (χ3v) is 7.19. The Morgan fingerprint density at radius 2 is 1.66 bits per heavy atom. The van der Waals surface area contributed by atoms with Crippen molar-refractivity contribution >= 4 is 11.9 Å². The highest BCUT2D eigenvalue weighted by molar-refractivity contribution is 5.72. The Labute approximate surface area is 226 Å². The smallest absolute Gasteiger partial charge is 0.313 e. The number of aliphatic hydroxyl groups excluding tert-OH is 4. The Morgan fingerprint density at radius 1 is 0.974 bits per heavy atom. The second-order valence-electron chi connectivity index (χ2n) is 10.6. The normalized spacial score (nSPS) is 22.3. The van der Waals surface area contributed by atoms with Crippen molar-refractivity contribution in [2.45, 2.75) is 96.1 Å². The monoisotopic (exact) mass is 534 g/mol. The van der Waals surface area contributed by atoms with E-state index in [-0.39, 0.29) is 23.9 Å². The summed E-state index contributed by atoms with van der Waals surface area (Å²) in [5, 5.41) is 40.0. The number of aryl methyl sites for hydroxylation is 1. The van der Waals surface area contributed by atoms with Crippen LogP contribution in [0, 0.1) is 17.8 Å². The maximum Gasteiger partial charge on any atom is 0.313 e. The fourth-order valence-electron chi connectivity index (χ4n) is 5.04. The molecule has 8 nitrogen and oxygen atoms in total. The summed E-state index contributed by atoms with van der Waals surface area (Å²) in [6.07, 6.45) is 7.31. The number of esters is 2. The van der Waals surface area contributed by atoms with Gasteiger partial charge in [0.05, 0.1) is 31.5 Å². The van der Waals surface area contributed by atoms with Crippen LogP contribution in [0.1, 0.15) is 70.8 Å². The van der Waals surface area contributed by atoms with Gasteiger partial charge in [0.1, 0.15) is 12.0 Å². The molecule has 0 amide bonds. The Hall–Kier alpha value is -2.26. The minimum atomic E-state index is -0.974. The minimum absolute atomic E-state index is 0.111. The molecule has 8 heteroatoms. The van der Waals surface area contributed by atoms with Crippen LogP contribution in [0.4, 0.5) is 0 Å². The third kappa shape index (κ3) is 11.2. The predicted molar refractivity (Wildman–Crippen MR) is 144 cm³/mol. The Balaban J connectivity index is 1.92. The van der Waals surface area contributed by atoms with Crippen molar-refractivity contribution in [3.8, 4) is 0 Å². The van der Waals surface area contributed by atoms with E-state index < -0.39 is 43.4 Å². The van der Waals surface area contributed by atoms with Crippen LogP contribution in [-0.2, 0) is 25.5 Å². The van der Waals surface area contributed by atoms with Crippen molar-refractivity contribution in [3.63, 3.8) is 0 Å². The molecule has 0 radical (unpaired) electrons. The molecule has 0 aromatic heterocycles. The highest BCUT2D eigenvalue weighted by Crippen LogP contribution is 2.39. The number of rotatable bonds is 17. The molecule has 4 N–H and O–H groups in total. The van der Waals surface area contributed by atoms with Gasteiger partial charge in [-0.1, -0.05) is 42.5 Å². The molecular formula is C30H46O8. The van der Waals surface area contributed by atoms with Gasteiger partial charge in [0.15, 0.2) is 0 Å². The summed E-state index contributed by atoms with van der Waals surface area (Å²) < 4.78 is 10.8. The van der Waals surface area contributed by atoms with Crippen molar-refractivity contribution in [1.29, 1.82) is 0 Å². The molecule has 0 bridgehead atoms. The topological polar surface area (TPSA) is 134 Å². The van der Waals surface area contributed by atoms with E-state index in [0.29, 0.717) is 51.4 Å². The summed E-state index contributed by atoms with van der Waals surface area (Å²) in [6.45, 7) is 2.68. The van der Waals surface area contributed by atoms with Crippen molar-refractivity contribution in [3.05, 3.63) is 48.0 Å². The molecule has 0 saturated heterocycles. The van der Waals surface area contributed by atoms with Crippen LogP contribution in [0.2, 0.25) is 0 Å². The zero-order valence-corrected chi connectivity index (χ0v) is 22.8. The average Bonchev–Trinajstić information content (AvgIpc) is 3.15. The first-order valence-corrected chi connectivity index (χ1v) is 13.9. The highest BCUT2D eigenvalue weighted by atomic mass is 16.5. The van der Waals surface area contributed by atoms with Crippen LogP contribution >= 0.6 is 0 Å². The lowest BCUT2D eigenvalue weighted by molar-refractivity contribution is -0.158. The van der Waals surface area contributed by atoms with Gasteiger partial charge >= 0.3 is 11.9 Å². The molecule has 1 aromatic carbocycles. The molecule has 1 fully saturated rings. The van der Waals surface area contributed by atoms with Gasteiger partial charge in [-0.3, -0.25) is 9.59 Å². The molecule has 0 heterocycles. The molecule has 0 aliphatic heterocycles. The largest absolute Gasteiger partial charge is 0.463 e. The highest BCUT2D eigenvalue weighted by Gasteiger charge is 2.41. The summed E-state index contributed by atoms with van der Waals surface area (Å²) in [7, 11) is 0. The SMILES string of the molecule is CC(C)OC(=O)CCC/C=C\C[C@@H]1[C@@H](CC[C@H](CCc2ccccc2)OC(=O)C(CO)CO)[C@H](O)C[C@@H]1O. The molecule has 0 spiro atoms.